The van der Waals surface area contributed by atoms with Crippen LogP contribution >= 0.6 is 18.9 Å². The molecule has 0 fully saturated rings. The molecule has 25 heavy (non-hydrogen) atoms. The summed E-state index contributed by atoms with van der Waals surface area (Å²) in [5.41, 5.74) is -0.164. The summed E-state index contributed by atoms with van der Waals surface area (Å²) in [7, 11) is -2.83. The molecule has 0 saturated heterocycles. The highest BCUT2D eigenvalue weighted by atomic mass is 32.2. The van der Waals surface area contributed by atoms with Gasteiger partial charge in [-0.15, -0.1) is 0 Å². The van der Waals surface area contributed by atoms with Crippen LogP contribution in [0.4, 0.5) is 0 Å². The number of benzene rings is 3. The summed E-state index contributed by atoms with van der Waals surface area (Å²) in [5.74, 6) is 0. The Balaban J connectivity index is 2.00. The van der Waals surface area contributed by atoms with E-state index >= 15 is 0 Å². The lowest BCUT2D eigenvalue weighted by Gasteiger charge is -2.27. The van der Waals surface area contributed by atoms with Gasteiger partial charge in [0.2, 0.25) is 0 Å². The molecule has 0 bridgehead atoms. The molecule has 3 aromatic carbocycles. The van der Waals surface area contributed by atoms with Crippen LogP contribution in [0.1, 0.15) is 6.92 Å². The van der Waals surface area contributed by atoms with Gasteiger partial charge in [-0.1, -0.05) is 104 Å². The second-order valence-corrected chi connectivity index (χ2v) is 10.2. The van der Waals surface area contributed by atoms with Crippen molar-refractivity contribution < 1.29 is 4.57 Å². The monoisotopic (exact) mass is 364 g/mol. The van der Waals surface area contributed by atoms with Crippen LogP contribution < -0.4 is 10.6 Å². The smallest absolute Gasteiger partial charge is 0.150 e. The maximum absolute atomic E-state index is 14.3. The molecule has 3 heteroatoms. The zero-order chi connectivity index (χ0) is 17.7. The van der Waals surface area contributed by atoms with Gasteiger partial charge in [-0.2, -0.15) is 0 Å². The van der Waals surface area contributed by atoms with Crippen LogP contribution in [-0.2, 0) is 4.57 Å². The van der Waals surface area contributed by atoms with Gasteiger partial charge in [-0.05, 0) is 17.0 Å². The molecule has 3 rings (SSSR count). The van der Waals surface area contributed by atoms with Crippen molar-refractivity contribution in [3.05, 3.63) is 102 Å². The minimum absolute atomic E-state index is 0.164. The Kier molecular flexibility index (Phi) is 5.63. The second kappa shape index (κ2) is 7.91. The third-order valence-electron chi connectivity index (χ3n) is 4.28. The maximum atomic E-state index is 14.3. The topological polar surface area (TPSA) is 17.1 Å². The molecule has 1 nitrogen and oxygen atoms in total. The number of thioether (sulfide) groups is 1. The molecule has 0 heterocycles. The van der Waals surface area contributed by atoms with Crippen molar-refractivity contribution in [3.63, 3.8) is 0 Å². The first-order chi connectivity index (χ1) is 12.1. The molecule has 0 N–H and O–H groups in total. The Morgan fingerprint density at radius 2 is 1.20 bits per heavy atom. The van der Waals surface area contributed by atoms with Crippen LogP contribution in [0.2, 0.25) is 0 Å². The highest BCUT2D eigenvalue weighted by Gasteiger charge is 2.35. The fourth-order valence-electron chi connectivity index (χ4n) is 2.82. The van der Waals surface area contributed by atoms with Gasteiger partial charge in [0, 0.05) is 21.2 Å². The highest BCUT2D eigenvalue weighted by molar-refractivity contribution is 8.03. The molecule has 0 spiro atoms. The molecule has 0 aromatic heterocycles. The SMILES string of the molecule is C=C(Sc1ccccc1)[C@@H](C)P(=O)(c1ccccc1)c1ccccc1. The van der Waals surface area contributed by atoms with E-state index in [1.54, 1.807) is 11.8 Å². The van der Waals surface area contributed by atoms with Crippen LogP contribution in [0.3, 0.4) is 0 Å². The summed E-state index contributed by atoms with van der Waals surface area (Å²) in [6.45, 7) is 6.28. The Hall–Kier alpha value is -2.02. The average molecular weight is 364 g/mol. The third-order valence-corrected chi connectivity index (χ3v) is 9.11. The van der Waals surface area contributed by atoms with Crippen molar-refractivity contribution in [1.29, 1.82) is 0 Å². The first kappa shape index (κ1) is 17.8. The lowest BCUT2D eigenvalue weighted by Crippen LogP contribution is -2.24. The summed E-state index contributed by atoms with van der Waals surface area (Å²) in [6.07, 6.45) is 0. The third kappa shape index (κ3) is 3.81. The van der Waals surface area contributed by atoms with Crippen molar-refractivity contribution in [3.8, 4) is 0 Å². The van der Waals surface area contributed by atoms with Crippen LogP contribution in [0.15, 0.2) is 107 Å². The zero-order valence-electron chi connectivity index (χ0n) is 14.2. The minimum atomic E-state index is -2.83. The van der Waals surface area contributed by atoms with Gasteiger partial charge in [0.25, 0.3) is 0 Å². The predicted molar refractivity (Wildman–Crippen MR) is 111 cm³/mol. The van der Waals surface area contributed by atoms with E-state index < -0.39 is 7.14 Å². The van der Waals surface area contributed by atoms with E-state index in [-0.39, 0.29) is 5.66 Å². The Morgan fingerprint density at radius 3 is 1.64 bits per heavy atom. The van der Waals surface area contributed by atoms with Gasteiger partial charge in [0.15, 0.2) is 7.14 Å². The first-order valence-electron chi connectivity index (χ1n) is 8.25. The van der Waals surface area contributed by atoms with Gasteiger partial charge < -0.3 is 4.57 Å². The predicted octanol–water partition coefficient (Wildman–Crippen LogP) is 5.70. The van der Waals surface area contributed by atoms with Gasteiger partial charge in [-0.3, -0.25) is 0 Å². The zero-order valence-corrected chi connectivity index (χ0v) is 15.9. The van der Waals surface area contributed by atoms with Gasteiger partial charge in [0.1, 0.15) is 0 Å². The quantitative estimate of drug-likeness (QED) is 0.412. The summed E-state index contributed by atoms with van der Waals surface area (Å²) in [5, 5.41) is 1.76. The average Bonchev–Trinajstić information content (AvgIpc) is 2.69. The largest absolute Gasteiger partial charge is 0.313 e. The molecule has 0 amide bonds. The molecule has 0 aliphatic carbocycles. The summed E-state index contributed by atoms with van der Waals surface area (Å²) in [6, 6.07) is 29.7. The van der Waals surface area contributed by atoms with Crippen LogP contribution in [0.25, 0.3) is 0 Å². The van der Waals surface area contributed by atoms with Crippen LogP contribution in [-0.4, -0.2) is 5.66 Å². The van der Waals surface area contributed by atoms with Crippen LogP contribution in [0.5, 0.6) is 0 Å². The van der Waals surface area contributed by atoms with Crippen molar-refractivity contribution in [2.24, 2.45) is 0 Å². The number of allylic oxidation sites excluding steroid dienone is 1. The lowest BCUT2D eigenvalue weighted by atomic mass is 10.4. The maximum Gasteiger partial charge on any atom is 0.150 e. The second-order valence-electron chi connectivity index (χ2n) is 5.89. The van der Waals surface area contributed by atoms with E-state index in [4.69, 9.17) is 0 Å². The van der Waals surface area contributed by atoms with E-state index in [2.05, 4.69) is 18.7 Å². The number of hydrogen-bond donors (Lipinski definition) is 0. The molecule has 3 aromatic rings. The molecule has 0 aliphatic rings. The summed E-state index contributed by atoms with van der Waals surface area (Å²) < 4.78 is 14.3. The Morgan fingerprint density at radius 1 is 0.800 bits per heavy atom. The van der Waals surface area contributed by atoms with E-state index in [1.165, 1.54) is 0 Å². The summed E-state index contributed by atoms with van der Waals surface area (Å²) >= 11 is 1.60. The van der Waals surface area contributed by atoms with E-state index in [0.29, 0.717) is 0 Å². The fraction of sp³-hybridized carbons (Fsp3) is 0.0909. The molecule has 1 atom stereocenters. The Bertz CT molecular complexity index is 832. The molecule has 0 radical (unpaired) electrons. The van der Waals surface area contributed by atoms with E-state index in [9.17, 15) is 4.57 Å². The first-order valence-corrected chi connectivity index (χ1v) is 10.8. The standard InChI is InChI=1S/C22H21OPS/c1-18(19(2)25-22-16-10-5-11-17-22)24(23,20-12-6-3-7-13-20)21-14-8-4-9-15-21/h3-18H,2H2,1H3/t18-/m1/s1. The molecule has 0 unspecified atom stereocenters. The fourth-order valence-corrected chi connectivity index (χ4v) is 7.02. The van der Waals surface area contributed by atoms with Gasteiger partial charge in [0.05, 0.1) is 0 Å². The molecular weight excluding hydrogens is 343 g/mol. The van der Waals surface area contributed by atoms with Crippen molar-refractivity contribution in [2.75, 3.05) is 0 Å². The molecular formula is C22H21OPS. The van der Waals surface area contributed by atoms with Crippen molar-refractivity contribution in [2.45, 2.75) is 17.5 Å². The molecule has 126 valence electrons. The molecule has 0 aliphatic heterocycles. The van der Waals surface area contributed by atoms with Gasteiger partial charge >= 0.3 is 0 Å². The number of rotatable bonds is 6. The summed E-state index contributed by atoms with van der Waals surface area (Å²) in [4.78, 5) is 2.04. The number of hydrogen-bond acceptors (Lipinski definition) is 2. The lowest BCUT2D eigenvalue weighted by molar-refractivity contribution is 0.584. The van der Waals surface area contributed by atoms with E-state index in [1.807, 2.05) is 85.8 Å². The highest BCUT2D eigenvalue weighted by Crippen LogP contribution is 2.53. The normalized spacial score (nSPS) is 12.5. The Labute approximate surface area is 154 Å². The van der Waals surface area contributed by atoms with Crippen LogP contribution in [0, 0.1) is 0 Å². The molecule has 0 saturated carbocycles. The minimum Gasteiger partial charge on any atom is -0.313 e. The van der Waals surface area contributed by atoms with Gasteiger partial charge in [-0.25, -0.2) is 0 Å². The van der Waals surface area contributed by atoms with Crippen molar-refractivity contribution >= 4 is 29.5 Å². The van der Waals surface area contributed by atoms with Crippen molar-refractivity contribution in [1.82, 2.24) is 0 Å². The van der Waals surface area contributed by atoms with E-state index in [0.717, 1.165) is 20.4 Å².